The summed E-state index contributed by atoms with van der Waals surface area (Å²) in [5, 5.41) is 3.20. The fraction of sp³-hybridized carbons (Fsp3) is 0.636. The van der Waals surface area contributed by atoms with E-state index < -0.39 is 0 Å². The lowest BCUT2D eigenvalue weighted by Gasteiger charge is -2.39. The third-order valence-electron chi connectivity index (χ3n) is 2.88. The predicted molar refractivity (Wildman–Crippen MR) is 61.0 cm³/mol. The summed E-state index contributed by atoms with van der Waals surface area (Å²) < 4.78 is 13.9. The molecule has 0 aliphatic carbocycles. The largest absolute Gasteiger partial charge is 0.349 e. The Morgan fingerprint density at radius 3 is 2.81 bits per heavy atom. The Kier molecular flexibility index (Phi) is 3.33. The quantitative estimate of drug-likeness (QED) is 0.832. The van der Waals surface area contributed by atoms with E-state index in [1.807, 2.05) is 4.90 Å². The first-order valence-electron chi connectivity index (χ1n) is 5.68. The van der Waals surface area contributed by atoms with Gasteiger partial charge in [0.05, 0.1) is 11.7 Å². The number of hydrogen-bond acceptors (Lipinski definition) is 4. The Morgan fingerprint density at radius 1 is 1.50 bits per heavy atom. The molecule has 0 aromatic carbocycles. The van der Waals surface area contributed by atoms with E-state index in [0.717, 1.165) is 26.1 Å². The fourth-order valence-corrected chi connectivity index (χ4v) is 1.84. The second kappa shape index (κ2) is 4.74. The first kappa shape index (κ1) is 11.3. The predicted octanol–water partition coefficient (Wildman–Crippen LogP) is 1.11. The summed E-state index contributed by atoms with van der Waals surface area (Å²) in [6.45, 7) is 6.40. The number of nitrogens with zero attached hydrogens (tertiary/aromatic N) is 3. The maximum Gasteiger partial charge on any atom is 0.186 e. The summed E-state index contributed by atoms with van der Waals surface area (Å²) in [4.78, 5) is 9.97. The van der Waals surface area contributed by atoms with Crippen molar-refractivity contribution < 1.29 is 4.39 Å². The van der Waals surface area contributed by atoms with E-state index >= 15 is 0 Å². The van der Waals surface area contributed by atoms with E-state index in [1.165, 1.54) is 6.33 Å². The van der Waals surface area contributed by atoms with Gasteiger partial charge in [0.25, 0.3) is 0 Å². The van der Waals surface area contributed by atoms with Gasteiger partial charge in [-0.05, 0) is 13.3 Å². The van der Waals surface area contributed by atoms with Crippen molar-refractivity contribution in [2.75, 3.05) is 24.5 Å². The average Bonchev–Trinajstić information content (AvgIpc) is 2.19. The van der Waals surface area contributed by atoms with Gasteiger partial charge >= 0.3 is 0 Å². The maximum absolute atomic E-state index is 13.9. The highest BCUT2D eigenvalue weighted by Crippen LogP contribution is 2.21. The molecule has 0 atom stereocenters. The van der Waals surface area contributed by atoms with E-state index in [0.29, 0.717) is 17.6 Å². The van der Waals surface area contributed by atoms with Gasteiger partial charge in [-0.1, -0.05) is 6.92 Å². The summed E-state index contributed by atoms with van der Waals surface area (Å²) in [6.07, 6.45) is 2.42. The molecule has 88 valence electrons. The number of anilines is 1. The third-order valence-corrected chi connectivity index (χ3v) is 2.88. The Hall–Kier alpha value is -1.23. The number of rotatable bonds is 4. The van der Waals surface area contributed by atoms with Gasteiger partial charge in [-0.3, -0.25) is 0 Å². The Morgan fingerprint density at radius 2 is 2.25 bits per heavy atom. The van der Waals surface area contributed by atoms with Crippen molar-refractivity contribution in [1.82, 2.24) is 15.3 Å². The van der Waals surface area contributed by atoms with Gasteiger partial charge in [-0.2, -0.15) is 0 Å². The number of halogens is 1. The van der Waals surface area contributed by atoms with Crippen molar-refractivity contribution in [2.24, 2.45) is 0 Å². The maximum atomic E-state index is 13.9. The first-order chi connectivity index (χ1) is 7.74. The molecule has 1 aliphatic heterocycles. The van der Waals surface area contributed by atoms with Crippen LogP contribution in [-0.4, -0.2) is 35.6 Å². The van der Waals surface area contributed by atoms with E-state index in [-0.39, 0.29) is 5.82 Å². The summed E-state index contributed by atoms with van der Waals surface area (Å²) >= 11 is 0. The molecular weight excluding hydrogens is 207 g/mol. The zero-order valence-corrected chi connectivity index (χ0v) is 9.70. The molecule has 5 heteroatoms. The number of hydrogen-bond donors (Lipinski definition) is 1. The minimum Gasteiger partial charge on any atom is -0.349 e. The standard InChI is InChI=1S/C11H17FN4/c1-3-4-16(9-5-13-6-9)11-10(12)8(2)14-7-15-11/h7,9,13H,3-6H2,1-2H3. The monoisotopic (exact) mass is 224 g/mol. The van der Waals surface area contributed by atoms with Crippen LogP contribution >= 0.6 is 0 Å². The number of aryl methyl sites for hydroxylation is 1. The highest BCUT2D eigenvalue weighted by molar-refractivity contribution is 5.43. The SMILES string of the molecule is CCCN(c1ncnc(C)c1F)C1CNC1. The average molecular weight is 224 g/mol. The lowest BCUT2D eigenvalue weighted by atomic mass is 10.1. The molecule has 16 heavy (non-hydrogen) atoms. The summed E-state index contributed by atoms with van der Waals surface area (Å²) in [5.41, 5.74) is 0.415. The molecule has 0 saturated carbocycles. The summed E-state index contributed by atoms with van der Waals surface area (Å²) in [5.74, 6) is 0.156. The molecule has 1 saturated heterocycles. The second-order valence-corrected chi connectivity index (χ2v) is 4.10. The van der Waals surface area contributed by atoms with Crippen molar-refractivity contribution in [3.63, 3.8) is 0 Å². The van der Waals surface area contributed by atoms with Crippen molar-refractivity contribution in [1.29, 1.82) is 0 Å². The van der Waals surface area contributed by atoms with Crippen LogP contribution < -0.4 is 10.2 Å². The van der Waals surface area contributed by atoms with Crippen LogP contribution in [0.4, 0.5) is 10.2 Å². The Balaban J connectivity index is 2.26. The highest BCUT2D eigenvalue weighted by atomic mass is 19.1. The van der Waals surface area contributed by atoms with Crippen LogP contribution in [0.2, 0.25) is 0 Å². The molecular formula is C11H17FN4. The van der Waals surface area contributed by atoms with E-state index in [9.17, 15) is 4.39 Å². The summed E-state index contributed by atoms with van der Waals surface area (Å²) in [6, 6.07) is 0.365. The molecule has 0 spiro atoms. The van der Waals surface area contributed by atoms with Crippen molar-refractivity contribution in [3.8, 4) is 0 Å². The van der Waals surface area contributed by atoms with Crippen LogP contribution in [0.1, 0.15) is 19.0 Å². The van der Waals surface area contributed by atoms with Crippen LogP contribution in [0.25, 0.3) is 0 Å². The van der Waals surface area contributed by atoms with Crippen LogP contribution in [0, 0.1) is 12.7 Å². The van der Waals surface area contributed by atoms with E-state index in [2.05, 4.69) is 22.2 Å². The van der Waals surface area contributed by atoms with Gasteiger partial charge in [-0.15, -0.1) is 0 Å². The minimum atomic E-state index is -0.289. The van der Waals surface area contributed by atoms with Gasteiger partial charge in [0.2, 0.25) is 0 Å². The normalized spacial score (nSPS) is 15.9. The summed E-state index contributed by atoms with van der Waals surface area (Å²) in [7, 11) is 0. The van der Waals surface area contributed by atoms with Gasteiger partial charge in [-0.25, -0.2) is 14.4 Å². The van der Waals surface area contributed by atoms with Crippen LogP contribution in [0.5, 0.6) is 0 Å². The van der Waals surface area contributed by atoms with Crippen molar-refractivity contribution in [2.45, 2.75) is 26.3 Å². The fourth-order valence-electron chi connectivity index (χ4n) is 1.84. The van der Waals surface area contributed by atoms with Crippen molar-refractivity contribution in [3.05, 3.63) is 17.8 Å². The minimum absolute atomic E-state index is 0.289. The van der Waals surface area contributed by atoms with Gasteiger partial charge in [0, 0.05) is 19.6 Å². The zero-order chi connectivity index (χ0) is 11.5. The molecule has 0 unspecified atom stereocenters. The smallest absolute Gasteiger partial charge is 0.186 e. The van der Waals surface area contributed by atoms with Crippen LogP contribution in [-0.2, 0) is 0 Å². The van der Waals surface area contributed by atoms with Crippen LogP contribution in [0.15, 0.2) is 6.33 Å². The Bertz CT molecular complexity index is 365. The lowest BCUT2D eigenvalue weighted by molar-refractivity contribution is 0.405. The van der Waals surface area contributed by atoms with Gasteiger partial charge in [0.1, 0.15) is 6.33 Å². The van der Waals surface area contributed by atoms with Gasteiger partial charge < -0.3 is 10.2 Å². The molecule has 4 nitrogen and oxygen atoms in total. The number of aromatic nitrogens is 2. The second-order valence-electron chi connectivity index (χ2n) is 4.10. The lowest BCUT2D eigenvalue weighted by Crippen LogP contribution is -2.58. The van der Waals surface area contributed by atoms with Crippen LogP contribution in [0.3, 0.4) is 0 Å². The molecule has 0 radical (unpaired) electrons. The molecule has 1 aliphatic rings. The number of nitrogens with one attached hydrogen (secondary N) is 1. The molecule has 2 rings (SSSR count). The topological polar surface area (TPSA) is 41.1 Å². The molecule has 1 aromatic rings. The molecule has 1 fully saturated rings. The van der Waals surface area contributed by atoms with Crippen molar-refractivity contribution >= 4 is 5.82 Å². The highest BCUT2D eigenvalue weighted by Gasteiger charge is 2.27. The Labute approximate surface area is 94.9 Å². The molecule has 0 amide bonds. The molecule has 0 bridgehead atoms. The molecule has 1 aromatic heterocycles. The molecule has 1 N–H and O–H groups in total. The van der Waals surface area contributed by atoms with E-state index in [1.54, 1.807) is 6.92 Å². The molecule has 2 heterocycles. The zero-order valence-electron chi connectivity index (χ0n) is 9.70. The van der Waals surface area contributed by atoms with Gasteiger partial charge in [0.15, 0.2) is 11.6 Å². The van der Waals surface area contributed by atoms with E-state index in [4.69, 9.17) is 0 Å². The first-order valence-corrected chi connectivity index (χ1v) is 5.68. The third kappa shape index (κ3) is 2.00.